The van der Waals surface area contributed by atoms with Gasteiger partial charge in [0.25, 0.3) is 5.91 Å². The number of amides is 2. The second-order valence-corrected chi connectivity index (χ2v) is 5.00. The molecule has 0 aliphatic carbocycles. The summed E-state index contributed by atoms with van der Waals surface area (Å²) in [6, 6.07) is 6.61. The lowest BCUT2D eigenvalue weighted by Crippen LogP contribution is -2.32. The summed E-state index contributed by atoms with van der Waals surface area (Å²) in [5.41, 5.74) is 8.23. The molecule has 1 aromatic carbocycles. The minimum Gasteiger partial charge on any atom is -0.366 e. The van der Waals surface area contributed by atoms with Gasteiger partial charge in [-0.1, -0.05) is 12.1 Å². The first kappa shape index (κ1) is 14.9. The van der Waals surface area contributed by atoms with Gasteiger partial charge >= 0.3 is 0 Å². The van der Waals surface area contributed by atoms with Crippen LogP contribution in [0.25, 0.3) is 6.08 Å². The van der Waals surface area contributed by atoms with Gasteiger partial charge in [-0.3, -0.25) is 14.4 Å². The second-order valence-electron chi connectivity index (χ2n) is 5.00. The molecule has 0 spiro atoms. The van der Waals surface area contributed by atoms with E-state index in [0.717, 1.165) is 5.56 Å². The van der Waals surface area contributed by atoms with E-state index in [1.807, 2.05) is 20.8 Å². The third kappa shape index (κ3) is 5.83. The van der Waals surface area contributed by atoms with E-state index < -0.39 is 11.5 Å². The Hall–Kier alpha value is -2.14. The molecule has 5 nitrogen and oxygen atoms in total. The molecule has 0 unspecified atom stereocenters. The fourth-order valence-corrected chi connectivity index (χ4v) is 1.17. The largest absolute Gasteiger partial charge is 0.366 e. The third-order valence-corrected chi connectivity index (χ3v) is 2.08. The minimum atomic E-state index is -0.480. The highest BCUT2D eigenvalue weighted by molar-refractivity contribution is 5.93. The fourth-order valence-electron chi connectivity index (χ4n) is 1.17. The molecule has 0 bridgehead atoms. The molecule has 0 saturated carbocycles. The predicted molar refractivity (Wildman–Crippen MR) is 73.0 cm³/mol. The van der Waals surface area contributed by atoms with Gasteiger partial charge in [0.1, 0.15) is 0 Å². The number of carbonyl (C=O) groups excluding carboxylic acids is 2. The molecule has 0 heterocycles. The Balaban J connectivity index is 2.56. The normalized spacial score (nSPS) is 11.5. The average molecular weight is 262 g/mol. The molecular weight excluding hydrogens is 244 g/mol. The highest BCUT2D eigenvalue weighted by Crippen LogP contribution is 2.06. The highest BCUT2D eigenvalue weighted by Gasteiger charge is 2.11. The molecule has 3 N–H and O–H groups in total. The summed E-state index contributed by atoms with van der Waals surface area (Å²) in [4.78, 5) is 27.4. The predicted octanol–water partition coefficient (Wildman–Crippen LogP) is 1.65. The lowest BCUT2D eigenvalue weighted by molar-refractivity contribution is -0.140. The average Bonchev–Trinajstić information content (AvgIpc) is 2.33. The van der Waals surface area contributed by atoms with Crippen molar-refractivity contribution in [2.75, 3.05) is 0 Å². The van der Waals surface area contributed by atoms with Crippen LogP contribution in [0, 0.1) is 0 Å². The zero-order chi connectivity index (χ0) is 14.5. The number of hydrogen-bond donors (Lipinski definition) is 2. The smallest absolute Gasteiger partial charge is 0.267 e. The minimum absolute atomic E-state index is 0.353. The second kappa shape index (κ2) is 6.15. The molecule has 0 aliphatic heterocycles. The summed E-state index contributed by atoms with van der Waals surface area (Å²) in [5.74, 6) is -0.833. The van der Waals surface area contributed by atoms with Crippen LogP contribution >= 0.6 is 0 Å². The monoisotopic (exact) mass is 262 g/mol. The van der Waals surface area contributed by atoms with Crippen molar-refractivity contribution in [1.82, 2.24) is 5.48 Å². The molecule has 0 fully saturated rings. The van der Waals surface area contributed by atoms with Gasteiger partial charge in [0, 0.05) is 11.6 Å². The molecule has 0 aliphatic rings. The molecule has 0 radical (unpaired) electrons. The van der Waals surface area contributed by atoms with Crippen molar-refractivity contribution < 1.29 is 14.4 Å². The first-order valence-electron chi connectivity index (χ1n) is 5.84. The van der Waals surface area contributed by atoms with Gasteiger partial charge in [-0.15, -0.1) is 0 Å². The van der Waals surface area contributed by atoms with Gasteiger partial charge in [0.15, 0.2) is 0 Å². The zero-order valence-corrected chi connectivity index (χ0v) is 11.3. The molecule has 1 rings (SSSR count). The van der Waals surface area contributed by atoms with Crippen LogP contribution in [-0.2, 0) is 9.63 Å². The van der Waals surface area contributed by atoms with Crippen LogP contribution in [0.3, 0.4) is 0 Å². The van der Waals surface area contributed by atoms with Gasteiger partial charge < -0.3 is 5.73 Å². The Morgan fingerprint density at radius 1 is 1.21 bits per heavy atom. The van der Waals surface area contributed by atoms with Crippen LogP contribution in [-0.4, -0.2) is 17.4 Å². The molecule has 0 saturated heterocycles. The van der Waals surface area contributed by atoms with Crippen LogP contribution in [0.15, 0.2) is 30.3 Å². The maximum absolute atomic E-state index is 11.4. The molecule has 1 aromatic rings. The highest BCUT2D eigenvalue weighted by atomic mass is 16.7. The van der Waals surface area contributed by atoms with Gasteiger partial charge in [-0.25, -0.2) is 5.48 Å². The number of carbonyl (C=O) groups is 2. The standard InChI is InChI=1S/C14H18N2O3/c1-14(2,3)19-16-12(17)9-6-10-4-7-11(8-5-10)13(15)18/h4-9H,1-3H3,(H2,15,18)(H,16,17)/b9-6+. The van der Waals surface area contributed by atoms with E-state index in [0.29, 0.717) is 5.56 Å². The maximum atomic E-state index is 11.4. The van der Waals surface area contributed by atoms with E-state index in [2.05, 4.69) is 5.48 Å². The Kier molecular flexibility index (Phi) is 4.83. The van der Waals surface area contributed by atoms with Crippen molar-refractivity contribution in [3.63, 3.8) is 0 Å². The summed E-state index contributed by atoms with van der Waals surface area (Å²) >= 11 is 0. The molecule has 2 amide bonds. The molecule has 5 heteroatoms. The Bertz CT molecular complexity index is 484. The zero-order valence-electron chi connectivity index (χ0n) is 11.3. The number of hydroxylamine groups is 1. The summed E-state index contributed by atoms with van der Waals surface area (Å²) in [6.07, 6.45) is 2.97. The van der Waals surface area contributed by atoms with Crippen molar-refractivity contribution in [2.24, 2.45) is 5.73 Å². The molecule has 19 heavy (non-hydrogen) atoms. The fraction of sp³-hybridized carbons (Fsp3) is 0.286. The van der Waals surface area contributed by atoms with Crippen LogP contribution in [0.4, 0.5) is 0 Å². The Morgan fingerprint density at radius 2 is 1.79 bits per heavy atom. The maximum Gasteiger partial charge on any atom is 0.267 e. The van der Waals surface area contributed by atoms with Crippen LogP contribution in [0.2, 0.25) is 0 Å². The van der Waals surface area contributed by atoms with E-state index in [4.69, 9.17) is 10.6 Å². The topological polar surface area (TPSA) is 81.4 Å². The molecule has 102 valence electrons. The van der Waals surface area contributed by atoms with Crippen molar-refractivity contribution in [3.05, 3.63) is 41.5 Å². The number of nitrogens with two attached hydrogens (primary N) is 1. The summed E-state index contributed by atoms with van der Waals surface area (Å²) in [5, 5.41) is 0. The first-order chi connectivity index (χ1) is 8.78. The van der Waals surface area contributed by atoms with Gasteiger partial charge in [-0.05, 0) is 44.5 Å². The Labute approximate surface area is 112 Å². The summed E-state index contributed by atoms with van der Waals surface area (Å²) in [7, 11) is 0. The first-order valence-corrected chi connectivity index (χ1v) is 5.84. The summed E-state index contributed by atoms with van der Waals surface area (Å²) in [6.45, 7) is 5.50. The Morgan fingerprint density at radius 3 is 2.26 bits per heavy atom. The van der Waals surface area contributed by atoms with Crippen LogP contribution in [0.5, 0.6) is 0 Å². The van der Waals surface area contributed by atoms with Crippen molar-refractivity contribution in [1.29, 1.82) is 0 Å². The van der Waals surface area contributed by atoms with E-state index in [9.17, 15) is 9.59 Å². The van der Waals surface area contributed by atoms with Crippen molar-refractivity contribution >= 4 is 17.9 Å². The van der Waals surface area contributed by atoms with E-state index >= 15 is 0 Å². The SMILES string of the molecule is CC(C)(C)ONC(=O)/C=C/c1ccc(C(N)=O)cc1. The third-order valence-electron chi connectivity index (χ3n) is 2.08. The van der Waals surface area contributed by atoms with Gasteiger partial charge in [-0.2, -0.15) is 0 Å². The van der Waals surface area contributed by atoms with E-state index in [-0.39, 0.29) is 5.91 Å². The van der Waals surface area contributed by atoms with Crippen LogP contribution < -0.4 is 11.2 Å². The van der Waals surface area contributed by atoms with Crippen molar-refractivity contribution in [3.8, 4) is 0 Å². The number of primary amides is 1. The van der Waals surface area contributed by atoms with Gasteiger partial charge in [0.2, 0.25) is 5.91 Å². The van der Waals surface area contributed by atoms with Crippen LogP contribution in [0.1, 0.15) is 36.7 Å². The quantitative estimate of drug-likeness (QED) is 0.639. The summed E-state index contributed by atoms with van der Waals surface area (Å²) < 4.78 is 0. The number of hydrogen-bond acceptors (Lipinski definition) is 3. The molecule has 0 atom stereocenters. The number of benzene rings is 1. The van der Waals surface area contributed by atoms with Gasteiger partial charge in [0.05, 0.1) is 5.60 Å². The molecular formula is C14H18N2O3. The van der Waals surface area contributed by atoms with E-state index in [1.54, 1.807) is 30.3 Å². The lowest BCUT2D eigenvalue weighted by Gasteiger charge is -2.17. The number of rotatable bonds is 4. The van der Waals surface area contributed by atoms with E-state index in [1.165, 1.54) is 6.08 Å². The lowest BCUT2D eigenvalue weighted by atomic mass is 10.1. The van der Waals surface area contributed by atoms with Crippen molar-refractivity contribution in [2.45, 2.75) is 26.4 Å². The number of nitrogens with one attached hydrogen (secondary N) is 1. The molecule has 0 aromatic heterocycles.